The average molecular weight is 165 g/mol. The van der Waals surface area contributed by atoms with E-state index in [-0.39, 0.29) is 0 Å². The van der Waals surface area contributed by atoms with Crippen LogP contribution in [0.2, 0.25) is 0 Å². The van der Waals surface area contributed by atoms with Gasteiger partial charge >= 0.3 is 0 Å². The zero-order valence-corrected chi connectivity index (χ0v) is 7.97. The molecule has 1 aliphatic carbocycles. The first-order valence-electron chi connectivity index (χ1n) is 5.03. The van der Waals surface area contributed by atoms with Gasteiger partial charge in [0.05, 0.1) is 0 Å². The molecule has 68 valence electrons. The van der Waals surface area contributed by atoms with Crippen molar-refractivity contribution in [1.29, 1.82) is 0 Å². The van der Waals surface area contributed by atoms with E-state index in [1.165, 1.54) is 25.7 Å². The SMILES string of the molecule is C#CCCC1CCC(NCC)C1. The summed E-state index contributed by atoms with van der Waals surface area (Å²) in [5.41, 5.74) is 0. The number of rotatable bonds is 4. The van der Waals surface area contributed by atoms with Crippen LogP contribution in [0.4, 0.5) is 0 Å². The lowest BCUT2D eigenvalue weighted by atomic mass is 10.0. The molecule has 1 N–H and O–H groups in total. The van der Waals surface area contributed by atoms with Gasteiger partial charge in [-0.15, -0.1) is 12.3 Å². The second-order valence-corrected chi connectivity index (χ2v) is 3.68. The molecule has 1 fully saturated rings. The minimum absolute atomic E-state index is 0.776. The fourth-order valence-corrected chi connectivity index (χ4v) is 2.10. The molecule has 0 saturated heterocycles. The summed E-state index contributed by atoms with van der Waals surface area (Å²) in [5.74, 6) is 3.61. The second-order valence-electron chi connectivity index (χ2n) is 3.68. The van der Waals surface area contributed by atoms with E-state index < -0.39 is 0 Å². The molecule has 1 saturated carbocycles. The van der Waals surface area contributed by atoms with Gasteiger partial charge in [0.1, 0.15) is 0 Å². The zero-order valence-electron chi connectivity index (χ0n) is 7.97. The third kappa shape index (κ3) is 2.87. The zero-order chi connectivity index (χ0) is 8.81. The van der Waals surface area contributed by atoms with Crippen LogP contribution in [0.3, 0.4) is 0 Å². The number of terminal acetylenes is 1. The third-order valence-electron chi connectivity index (χ3n) is 2.73. The molecule has 0 amide bonds. The minimum Gasteiger partial charge on any atom is -0.314 e. The number of hydrogen-bond acceptors (Lipinski definition) is 1. The van der Waals surface area contributed by atoms with Crippen molar-refractivity contribution in [2.24, 2.45) is 5.92 Å². The molecule has 2 atom stereocenters. The summed E-state index contributed by atoms with van der Waals surface area (Å²) < 4.78 is 0. The molecule has 0 aliphatic heterocycles. The molecule has 2 unspecified atom stereocenters. The van der Waals surface area contributed by atoms with E-state index in [0.717, 1.165) is 24.9 Å². The predicted octanol–water partition coefficient (Wildman–Crippen LogP) is 2.18. The topological polar surface area (TPSA) is 12.0 Å². The summed E-state index contributed by atoms with van der Waals surface area (Å²) in [5, 5.41) is 3.50. The van der Waals surface area contributed by atoms with Crippen molar-refractivity contribution in [2.75, 3.05) is 6.54 Å². The molecule has 12 heavy (non-hydrogen) atoms. The molecule has 0 radical (unpaired) electrons. The summed E-state index contributed by atoms with van der Waals surface area (Å²) in [6.07, 6.45) is 11.5. The van der Waals surface area contributed by atoms with E-state index in [1.807, 2.05) is 0 Å². The fourth-order valence-electron chi connectivity index (χ4n) is 2.10. The van der Waals surface area contributed by atoms with Gasteiger partial charge in [0.25, 0.3) is 0 Å². The van der Waals surface area contributed by atoms with Crippen molar-refractivity contribution in [3.8, 4) is 12.3 Å². The van der Waals surface area contributed by atoms with Gasteiger partial charge in [-0.2, -0.15) is 0 Å². The number of hydrogen-bond donors (Lipinski definition) is 1. The lowest BCUT2D eigenvalue weighted by molar-refractivity contribution is 0.475. The van der Waals surface area contributed by atoms with Gasteiger partial charge in [0, 0.05) is 12.5 Å². The van der Waals surface area contributed by atoms with Crippen molar-refractivity contribution in [2.45, 2.75) is 45.1 Å². The van der Waals surface area contributed by atoms with Gasteiger partial charge in [-0.25, -0.2) is 0 Å². The van der Waals surface area contributed by atoms with E-state index in [9.17, 15) is 0 Å². The van der Waals surface area contributed by atoms with Crippen LogP contribution in [-0.2, 0) is 0 Å². The van der Waals surface area contributed by atoms with Crippen LogP contribution in [-0.4, -0.2) is 12.6 Å². The van der Waals surface area contributed by atoms with Gasteiger partial charge in [0.2, 0.25) is 0 Å². The van der Waals surface area contributed by atoms with E-state index in [1.54, 1.807) is 0 Å². The highest BCUT2D eigenvalue weighted by Gasteiger charge is 2.22. The van der Waals surface area contributed by atoms with Crippen molar-refractivity contribution in [3.05, 3.63) is 0 Å². The molecule has 1 rings (SSSR count). The maximum Gasteiger partial charge on any atom is 0.00887 e. The molecular weight excluding hydrogens is 146 g/mol. The quantitative estimate of drug-likeness (QED) is 0.630. The lowest BCUT2D eigenvalue weighted by Gasteiger charge is -2.10. The average Bonchev–Trinajstić information content (AvgIpc) is 2.50. The Bertz CT molecular complexity index is 157. The lowest BCUT2D eigenvalue weighted by Crippen LogP contribution is -2.25. The molecule has 1 nitrogen and oxygen atoms in total. The van der Waals surface area contributed by atoms with Crippen LogP contribution in [0.25, 0.3) is 0 Å². The Labute approximate surface area is 75.9 Å². The normalized spacial score (nSPS) is 28.7. The van der Waals surface area contributed by atoms with Crippen molar-refractivity contribution >= 4 is 0 Å². The third-order valence-corrected chi connectivity index (χ3v) is 2.73. The van der Waals surface area contributed by atoms with E-state index >= 15 is 0 Å². The first-order chi connectivity index (χ1) is 5.86. The molecule has 0 spiro atoms. The molecule has 1 heteroatoms. The standard InChI is InChI=1S/C11H19N/c1-3-5-6-10-7-8-11(9-10)12-4-2/h1,10-12H,4-9H2,2H3. The summed E-state index contributed by atoms with van der Waals surface area (Å²) in [6.45, 7) is 3.28. The van der Waals surface area contributed by atoms with E-state index in [4.69, 9.17) is 6.42 Å². The fraction of sp³-hybridized carbons (Fsp3) is 0.818. The van der Waals surface area contributed by atoms with E-state index in [0.29, 0.717) is 0 Å². The molecule has 1 aliphatic rings. The van der Waals surface area contributed by atoms with E-state index in [2.05, 4.69) is 18.2 Å². The highest BCUT2D eigenvalue weighted by atomic mass is 14.9. The largest absolute Gasteiger partial charge is 0.314 e. The monoisotopic (exact) mass is 165 g/mol. The molecule has 0 heterocycles. The molecule has 0 aromatic carbocycles. The Morgan fingerprint density at radius 3 is 3.00 bits per heavy atom. The van der Waals surface area contributed by atoms with Crippen LogP contribution in [0.15, 0.2) is 0 Å². The first-order valence-corrected chi connectivity index (χ1v) is 5.03. The first kappa shape index (κ1) is 9.61. The Morgan fingerprint density at radius 1 is 1.50 bits per heavy atom. The predicted molar refractivity (Wildman–Crippen MR) is 52.9 cm³/mol. The molecule has 0 bridgehead atoms. The van der Waals surface area contributed by atoms with Gasteiger partial charge < -0.3 is 5.32 Å². The second kappa shape index (κ2) is 5.22. The summed E-state index contributed by atoms with van der Waals surface area (Å²) >= 11 is 0. The minimum atomic E-state index is 0.776. The Hall–Kier alpha value is -0.480. The van der Waals surface area contributed by atoms with Gasteiger partial charge in [-0.05, 0) is 38.1 Å². The smallest absolute Gasteiger partial charge is 0.00887 e. The maximum atomic E-state index is 5.23. The van der Waals surface area contributed by atoms with Gasteiger partial charge in [0.15, 0.2) is 0 Å². The van der Waals surface area contributed by atoms with Crippen LogP contribution in [0, 0.1) is 18.3 Å². The van der Waals surface area contributed by atoms with Crippen LogP contribution >= 0.6 is 0 Å². The maximum absolute atomic E-state index is 5.23. The van der Waals surface area contributed by atoms with Crippen molar-refractivity contribution in [1.82, 2.24) is 5.32 Å². The Balaban J connectivity index is 2.13. The number of nitrogens with one attached hydrogen (secondary N) is 1. The summed E-state index contributed by atoms with van der Waals surface area (Å²) in [7, 11) is 0. The summed E-state index contributed by atoms with van der Waals surface area (Å²) in [6, 6.07) is 0.776. The van der Waals surface area contributed by atoms with Crippen molar-refractivity contribution < 1.29 is 0 Å². The van der Waals surface area contributed by atoms with Crippen molar-refractivity contribution in [3.63, 3.8) is 0 Å². The van der Waals surface area contributed by atoms with Crippen LogP contribution in [0.1, 0.15) is 39.0 Å². The van der Waals surface area contributed by atoms with Crippen LogP contribution < -0.4 is 5.32 Å². The summed E-state index contributed by atoms with van der Waals surface area (Å²) in [4.78, 5) is 0. The highest BCUT2D eigenvalue weighted by Crippen LogP contribution is 2.28. The van der Waals surface area contributed by atoms with Gasteiger partial charge in [-0.1, -0.05) is 6.92 Å². The molecule has 0 aromatic heterocycles. The Kier molecular flexibility index (Phi) is 4.18. The molecule has 0 aromatic rings. The Morgan fingerprint density at radius 2 is 2.33 bits per heavy atom. The van der Waals surface area contributed by atoms with Gasteiger partial charge in [-0.3, -0.25) is 0 Å². The molecular formula is C11H19N. The highest BCUT2D eigenvalue weighted by molar-refractivity contribution is 4.87. The van der Waals surface area contributed by atoms with Crippen LogP contribution in [0.5, 0.6) is 0 Å².